The van der Waals surface area contributed by atoms with Gasteiger partial charge >= 0.3 is 0 Å². The largest absolute Gasteiger partial charge is 0.497 e. The number of amides is 2. The van der Waals surface area contributed by atoms with Gasteiger partial charge in [0.15, 0.2) is 5.13 Å². The second-order valence-electron chi connectivity index (χ2n) is 4.49. The third-order valence-electron chi connectivity index (χ3n) is 2.83. The van der Waals surface area contributed by atoms with Crippen molar-refractivity contribution in [2.24, 2.45) is 5.73 Å². The van der Waals surface area contributed by atoms with Crippen LogP contribution in [0.15, 0.2) is 29.6 Å². The molecule has 4 N–H and O–H groups in total. The average Bonchev–Trinajstić information content (AvgIpc) is 2.95. The summed E-state index contributed by atoms with van der Waals surface area (Å²) in [4.78, 5) is 27.0. The van der Waals surface area contributed by atoms with Gasteiger partial charge in [-0.15, -0.1) is 11.3 Å². The number of carbonyl (C=O) groups excluding carboxylic acids is 2. The van der Waals surface area contributed by atoms with Crippen molar-refractivity contribution in [3.05, 3.63) is 35.3 Å². The summed E-state index contributed by atoms with van der Waals surface area (Å²) >= 11 is 1.28. The maximum atomic E-state index is 11.9. The predicted molar refractivity (Wildman–Crippen MR) is 84.5 cm³/mol. The molecule has 2 rings (SSSR count). The molecule has 0 radical (unpaired) electrons. The lowest BCUT2D eigenvalue weighted by molar-refractivity contribution is -0.119. The van der Waals surface area contributed by atoms with Crippen molar-refractivity contribution in [3.63, 3.8) is 0 Å². The quantitative estimate of drug-likeness (QED) is 0.748. The summed E-state index contributed by atoms with van der Waals surface area (Å²) in [5.41, 5.74) is 6.12. The highest BCUT2D eigenvalue weighted by Gasteiger charge is 2.16. The fourth-order valence-electron chi connectivity index (χ4n) is 1.60. The lowest BCUT2D eigenvalue weighted by Gasteiger charge is -2.08. The highest BCUT2D eigenvalue weighted by molar-refractivity contribution is 7.14. The molecule has 116 valence electrons. The Hall–Kier alpha value is -2.61. The Morgan fingerprint density at radius 1 is 1.41 bits per heavy atom. The number of nitrogens with zero attached hydrogens (tertiary/aromatic N) is 1. The van der Waals surface area contributed by atoms with Gasteiger partial charge in [-0.1, -0.05) is 6.07 Å². The number of ether oxygens (including phenoxy) is 1. The Labute approximate surface area is 131 Å². The van der Waals surface area contributed by atoms with E-state index in [1.807, 2.05) is 24.3 Å². The van der Waals surface area contributed by atoms with Crippen molar-refractivity contribution in [2.75, 3.05) is 12.4 Å². The van der Waals surface area contributed by atoms with E-state index in [0.717, 1.165) is 11.4 Å². The van der Waals surface area contributed by atoms with Crippen LogP contribution in [0.2, 0.25) is 0 Å². The molecule has 1 aromatic carbocycles. The standard InChI is InChI=1S/C14H16N4O3S/c1-8(12(15)19)16-13(20)11-7-22-14(18-11)17-9-4-3-5-10(6-9)21-2/h3-8H,1-2H3,(H2,15,19)(H,16,20)(H,17,18). The Morgan fingerprint density at radius 2 is 2.18 bits per heavy atom. The van der Waals surface area contributed by atoms with Crippen molar-refractivity contribution in [3.8, 4) is 5.75 Å². The van der Waals surface area contributed by atoms with Crippen molar-refractivity contribution >= 4 is 34.0 Å². The monoisotopic (exact) mass is 320 g/mol. The van der Waals surface area contributed by atoms with Crippen LogP contribution in [-0.4, -0.2) is 29.9 Å². The average molecular weight is 320 g/mol. The number of aromatic nitrogens is 1. The highest BCUT2D eigenvalue weighted by Crippen LogP contribution is 2.23. The van der Waals surface area contributed by atoms with E-state index in [9.17, 15) is 9.59 Å². The summed E-state index contributed by atoms with van der Waals surface area (Å²) in [5, 5.41) is 7.72. The Bertz CT molecular complexity index is 686. The van der Waals surface area contributed by atoms with E-state index >= 15 is 0 Å². The molecule has 1 heterocycles. The number of rotatable bonds is 6. The predicted octanol–water partition coefficient (Wildman–Crippen LogP) is 1.50. The molecule has 7 nitrogen and oxygen atoms in total. The van der Waals surface area contributed by atoms with Gasteiger partial charge in [0.1, 0.15) is 17.5 Å². The Kier molecular flexibility index (Phi) is 4.95. The second-order valence-corrected chi connectivity index (χ2v) is 5.35. The molecule has 0 saturated heterocycles. The minimum Gasteiger partial charge on any atom is -0.497 e. The fraction of sp³-hybridized carbons (Fsp3) is 0.214. The number of carbonyl (C=O) groups is 2. The van der Waals surface area contributed by atoms with Crippen LogP contribution in [0.3, 0.4) is 0 Å². The molecule has 0 bridgehead atoms. The van der Waals surface area contributed by atoms with Gasteiger partial charge in [0.25, 0.3) is 5.91 Å². The molecule has 0 fully saturated rings. The van der Waals surface area contributed by atoms with Crippen molar-refractivity contribution in [1.82, 2.24) is 10.3 Å². The number of nitrogens with two attached hydrogens (primary N) is 1. The molecule has 0 aliphatic rings. The SMILES string of the molecule is COc1cccc(Nc2nc(C(=O)NC(C)C(N)=O)cs2)c1. The number of hydrogen-bond donors (Lipinski definition) is 3. The van der Waals surface area contributed by atoms with E-state index in [2.05, 4.69) is 15.6 Å². The maximum absolute atomic E-state index is 11.9. The zero-order valence-electron chi connectivity index (χ0n) is 12.1. The number of methoxy groups -OCH3 is 1. The van der Waals surface area contributed by atoms with Crippen molar-refractivity contribution in [1.29, 1.82) is 0 Å². The van der Waals surface area contributed by atoms with E-state index < -0.39 is 17.9 Å². The molecule has 0 saturated carbocycles. The minimum absolute atomic E-state index is 0.225. The van der Waals surface area contributed by atoms with E-state index in [1.165, 1.54) is 18.3 Å². The van der Waals surface area contributed by atoms with E-state index in [4.69, 9.17) is 10.5 Å². The number of hydrogen-bond acceptors (Lipinski definition) is 6. The lowest BCUT2D eigenvalue weighted by atomic mass is 10.3. The van der Waals surface area contributed by atoms with Gasteiger partial charge in [-0.05, 0) is 19.1 Å². The summed E-state index contributed by atoms with van der Waals surface area (Å²) in [6.07, 6.45) is 0. The molecule has 22 heavy (non-hydrogen) atoms. The fourth-order valence-corrected chi connectivity index (χ4v) is 2.31. The van der Waals surface area contributed by atoms with Gasteiger partial charge in [-0.3, -0.25) is 9.59 Å². The van der Waals surface area contributed by atoms with Crippen LogP contribution < -0.4 is 21.1 Å². The number of anilines is 2. The molecule has 1 aromatic heterocycles. The van der Waals surface area contributed by atoms with E-state index in [0.29, 0.717) is 5.13 Å². The molecular weight excluding hydrogens is 304 g/mol. The van der Waals surface area contributed by atoms with Crippen LogP contribution in [0.5, 0.6) is 5.75 Å². The first kappa shape index (κ1) is 15.8. The number of nitrogens with one attached hydrogen (secondary N) is 2. The van der Waals surface area contributed by atoms with Crippen LogP contribution in [-0.2, 0) is 4.79 Å². The van der Waals surface area contributed by atoms with Gasteiger partial charge in [-0.2, -0.15) is 0 Å². The summed E-state index contributed by atoms with van der Waals surface area (Å²) in [5.74, 6) is -0.325. The molecule has 1 atom stereocenters. The van der Waals surface area contributed by atoms with Gasteiger partial charge in [0.05, 0.1) is 7.11 Å². The normalized spacial score (nSPS) is 11.5. The first-order valence-electron chi connectivity index (χ1n) is 6.46. The summed E-state index contributed by atoms with van der Waals surface area (Å²) in [7, 11) is 1.59. The molecule has 2 aromatic rings. The first-order valence-corrected chi connectivity index (χ1v) is 7.34. The summed E-state index contributed by atoms with van der Waals surface area (Å²) in [6.45, 7) is 1.52. The van der Waals surface area contributed by atoms with Gasteiger partial charge in [0, 0.05) is 17.1 Å². The zero-order valence-corrected chi connectivity index (χ0v) is 12.9. The number of benzene rings is 1. The third kappa shape index (κ3) is 3.95. The molecular formula is C14H16N4O3S. The van der Waals surface area contributed by atoms with Gasteiger partial charge in [-0.25, -0.2) is 4.98 Å². The van der Waals surface area contributed by atoms with Crippen LogP contribution in [0.25, 0.3) is 0 Å². The minimum atomic E-state index is -0.746. The lowest BCUT2D eigenvalue weighted by Crippen LogP contribution is -2.42. The van der Waals surface area contributed by atoms with Crippen molar-refractivity contribution < 1.29 is 14.3 Å². The molecule has 2 amide bonds. The van der Waals surface area contributed by atoms with Gasteiger partial charge < -0.3 is 21.1 Å². The van der Waals surface area contributed by atoms with Crippen LogP contribution in [0, 0.1) is 0 Å². The molecule has 0 aliphatic carbocycles. The Morgan fingerprint density at radius 3 is 2.86 bits per heavy atom. The zero-order chi connectivity index (χ0) is 16.1. The van der Waals surface area contributed by atoms with Crippen LogP contribution >= 0.6 is 11.3 Å². The van der Waals surface area contributed by atoms with Crippen LogP contribution in [0.4, 0.5) is 10.8 Å². The van der Waals surface area contributed by atoms with E-state index in [-0.39, 0.29) is 5.69 Å². The third-order valence-corrected chi connectivity index (χ3v) is 3.59. The summed E-state index contributed by atoms with van der Waals surface area (Å²) < 4.78 is 5.14. The summed E-state index contributed by atoms with van der Waals surface area (Å²) in [6, 6.07) is 6.60. The van der Waals surface area contributed by atoms with Crippen LogP contribution in [0.1, 0.15) is 17.4 Å². The number of primary amides is 1. The highest BCUT2D eigenvalue weighted by atomic mass is 32.1. The first-order chi connectivity index (χ1) is 10.5. The second kappa shape index (κ2) is 6.90. The molecule has 8 heteroatoms. The van der Waals surface area contributed by atoms with Gasteiger partial charge in [0.2, 0.25) is 5.91 Å². The topological polar surface area (TPSA) is 106 Å². The van der Waals surface area contributed by atoms with Crippen molar-refractivity contribution in [2.45, 2.75) is 13.0 Å². The molecule has 1 unspecified atom stereocenters. The molecule has 0 aliphatic heterocycles. The number of thiazole rings is 1. The molecule has 0 spiro atoms. The van der Waals surface area contributed by atoms with E-state index in [1.54, 1.807) is 12.5 Å². The Balaban J connectivity index is 2.04. The smallest absolute Gasteiger partial charge is 0.271 e. The maximum Gasteiger partial charge on any atom is 0.271 e.